The highest BCUT2D eigenvalue weighted by molar-refractivity contribution is 9.10. The summed E-state index contributed by atoms with van der Waals surface area (Å²) in [5.41, 5.74) is 1.11. The van der Waals surface area contributed by atoms with E-state index in [4.69, 9.17) is 5.11 Å². The van der Waals surface area contributed by atoms with Gasteiger partial charge in [-0.1, -0.05) is 28.9 Å². The summed E-state index contributed by atoms with van der Waals surface area (Å²) in [6, 6.07) is 5.61. The van der Waals surface area contributed by atoms with Crippen LogP contribution in [0.15, 0.2) is 33.7 Å². The van der Waals surface area contributed by atoms with Crippen LogP contribution < -0.4 is 5.43 Å². The van der Waals surface area contributed by atoms with Crippen LogP contribution in [0.2, 0.25) is 0 Å². The molecule has 1 N–H and O–H groups in total. The Bertz CT molecular complexity index is 738. The van der Waals surface area contributed by atoms with Gasteiger partial charge in [-0.05, 0) is 31.0 Å². The van der Waals surface area contributed by atoms with Crippen LogP contribution in [-0.4, -0.2) is 20.9 Å². The van der Waals surface area contributed by atoms with Gasteiger partial charge in [-0.15, -0.1) is 0 Å². The SMILES string of the molecule is CCc1cn(-c2cc(Br)ccc2C)nc(C(=O)O)c1=O. The van der Waals surface area contributed by atoms with Gasteiger partial charge in [-0.25, -0.2) is 9.48 Å². The first-order chi connectivity index (χ1) is 9.43. The second-order valence-electron chi connectivity index (χ2n) is 4.37. The lowest BCUT2D eigenvalue weighted by Crippen LogP contribution is -2.24. The molecule has 0 aliphatic carbocycles. The lowest BCUT2D eigenvalue weighted by molar-refractivity contribution is 0.0686. The fourth-order valence-electron chi connectivity index (χ4n) is 1.88. The summed E-state index contributed by atoms with van der Waals surface area (Å²) in [6.07, 6.45) is 2.04. The van der Waals surface area contributed by atoms with Gasteiger partial charge in [-0.3, -0.25) is 4.79 Å². The molecule has 2 rings (SSSR count). The van der Waals surface area contributed by atoms with Gasteiger partial charge < -0.3 is 5.11 Å². The molecule has 0 amide bonds. The highest BCUT2D eigenvalue weighted by Crippen LogP contribution is 2.19. The minimum absolute atomic E-state index is 0.428. The van der Waals surface area contributed by atoms with Crippen LogP contribution in [0.25, 0.3) is 5.69 Å². The molecule has 6 heteroatoms. The second-order valence-corrected chi connectivity index (χ2v) is 5.28. The van der Waals surface area contributed by atoms with Crippen LogP contribution in [0.1, 0.15) is 28.5 Å². The predicted molar refractivity (Wildman–Crippen MR) is 78.6 cm³/mol. The van der Waals surface area contributed by atoms with Gasteiger partial charge in [0.2, 0.25) is 11.1 Å². The summed E-state index contributed by atoms with van der Waals surface area (Å²) >= 11 is 3.37. The van der Waals surface area contributed by atoms with Gasteiger partial charge in [-0.2, -0.15) is 5.10 Å². The quantitative estimate of drug-likeness (QED) is 0.934. The van der Waals surface area contributed by atoms with Crippen LogP contribution >= 0.6 is 15.9 Å². The minimum atomic E-state index is -1.31. The van der Waals surface area contributed by atoms with Gasteiger partial charge >= 0.3 is 5.97 Å². The summed E-state index contributed by atoms with van der Waals surface area (Å²) in [7, 11) is 0. The standard InChI is InChI=1S/C14H13BrN2O3/c1-3-9-7-17(16-12(13(9)18)14(19)20)11-6-10(15)5-4-8(11)2/h4-7H,3H2,1-2H3,(H,19,20). The van der Waals surface area contributed by atoms with Crippen molar-refractivity contribution in [3.8, 4) is 5.69 Å². The van der Waals surface area contributed by atoms with Crippen LogP contribution in [0, 0.1) is 6.92 Å². The summed E-state index contributed by atoms with van der Waals surface area (Å²) < 4.78 is 2.30. The number of aromatic nitrogens is 2. The van der Waals surface area contributed by atoms with Crippen LogP contribution in [0.5, 0.6) is 0 Å². The molecule has 0 bridgehead atoms. The molecule has 0 radical (unpaired) electrons. The molecule has 104 valence electrons. The summed E-state index contributed by atoms with van der Waals surface area (Å²) in [6.45, 7) is 3.70. The predicted octanol–water partition coefficient (Wildman–Crippen LogP) is 2.56. The Hall–Kier alpha value is -1.95. The van der Waals surface area contributed by atoms with E-state index in [1.54, 1.807) is 13.1 Å². The second kappa shape index (κ2) is 5.58. The highest BCUT2D eigenvalue weighted by Gasteiger charge is 2.16. The molecule has 0 saturated heterocycles. The van der Waals surface area contributed by atoms with E-state index in [0.29, 0.717) is 12.0 Å². The molecule has 0 atom stereocenters. The van der Waals surface area contributed by atoms with Crippen molar-refractivity contribution < 1.29 is 9.90 Å². The first-order valence-electron chi connectivity index (χ1n) is 6.06. The molecular weight excluding hydrogens is 324 g/mol. The van der Waals surface area contributed by atoms with E-state index in [9.17, 15) is 9.59 Å². The van der Waals surface area contributed by atoms with E-state index >= 15 is 0 Å². The molecule has 0 unspecified atom stereocenters. The third-order valence-electron chi connectivity index (χ3n) is 2.99. The summed E-state index contributed by atoms with van der Waals surface area (Å²) in [5, 5.41) is 13.0. The van der Waals surface area contributed by atoms with Crippen molar-refractivity contribution in [1.82, 2.24) is 9.78 Å². The number of aromatic carboxylic acids is 1. The topological polar surface area (TPSA) is 72.2 Å². The zero-order valence-corrected chi connectivity index (χ0v) is 12.6. The monoisotopic (exact) mass is 336 g/mol. The molecule has 0 fully saturated rings. The highest BCUT2D eigenvalue weighted by atomic mass is 79.9. The Labute approximate surface area is 124 Å². The van der Waals surface area contributed by atoms with E-state index in [2.05, 4.69) is 21.0 Å². The fourth-order valence-corrected chi connectivity index (χ4v) is 2.23. The Balaban J connectivity index is 2.75. The van der Waals surface area contributed by atoms with Crippen molar-refractivity contribution in [2.75, 3.05) is 0 Å². The van der Waals surface area contributed by atoms with E-state index in [-0.39, 0.29) is 0 Å². The summed E-state index contributed by atoms with van der Waals surface area (Å²) in [4.78, 5) is 23.1. The molecule has 2 aromatic rings. The third kappa shape index (κ3) is 2.65. The minimum Gasteiger partial charge on any atom is -0.476 e. The van der Waals surface area contributed by atoms with Crippen molar-refractivity contribution in [1.29, 1.82) is 0 Å². The fraction of sp³-hybridized carbons (Fsp3) is 0.214. The van der Waals surface area contributed by atoms with Crippen molar-refractivity contribution >= 4 is 21.9 Å². The van der Waals surface area contributed by atoms with E-state index in [0.717, 1.165) is 15.7 Å². The average Bonchev–Trinajstić information content (AvgIpc) is 2.41. The van der Waals surface area contributed by atoms with Gasteiger partial charge in [0.15, 0.2) is 0 Å². The lowest BCUT2D eigenvalue weighted by Gasteiger charge is -2.11. The number of benzene rings is 1. The molecule has 0 aliphatic heterocycles. The van der Waals surface area contributed by atoms with Gasteiger partial charge in [0.05, 0.1) is 5.69 Å². The Morgan fingerprint density at radius 1 is 1.45 bits per heavy atom. The zero-order valence-electron chi connectivity index (χ0n) is 11.1. The number of aryl methyl sites for hydroxylation is 2. The number of carboxylic acids is 1. The van der Waals surface area contributed by atoms with Crippen molar-refractivity contribution in [3.63, 3.8) is 0 Å². The number of hydrogen-bond acceptors (Lipinski definition) is 3. The smallest absolute Gasteiger partial charge is 0.360 e. The molecule has 0 saturated carbocycles. The number of hydrogen-bond donors (Lipinski definition) is 1. The maximum atomic E-state index is 11.9. The number of rotatable bonds is 3. The van der Waals surface area contributed by atoms with E-state index in [1.807, 2.05) is 25.1 Å². The van der Waals surface area contributed by atoms with Crippen molar-refractivity contribution in [2.45, 2.75) is 20.3 Å². The van der Waals surface area contributed by atoms with Crippen molar-refractivity contribution in [2.24, 2.45) is 0 Å². The van der Waals surface area contributed by atoms with E-state index < -0.39 is 17.1 Å². The molecule has 1 aromatic carbocycles. The number of carbonyl (C=O) groups is 1. The normalized spacial score (nSPS) is 10.6. The largest absolute Gasteiger partial charge is 0.476 e. The van der Waals surface area contributed by atoms with Crippen LogP contribution in [-0.2, 0) is 6.42 Å². The van der Waals surface area contributed by atoms with Crippen LogP contribution in [0.4, 0.5) is 0 Å². The average molecular weight is 337 g/mol. The maximum Gasteiger partial charge on any atom is 0.360 e. The number of nitrogens with zero attached hydrogens (tertiary/aromatic N) is 2. The Kier molecular flexibility index (Phi) is 4.04. The molecular formula is C14H13BrN2O3. The van der Waals surface area contributed by atoms with E-state index in [1.165, 1.54) is 4.68 Å². The molecule has 1 heterocycles. The van der Waals surface area contributed by atoms with Crippen LogP contribution in [0.3, 0.4) is 0 Å². The first-order valence-corrected chi connectivity index (χ1v) is 6.86. The molecule has 5 nitrogen and oxygen atoms in total. The lowest BCUT2D eigenvalue weighted by atomic mass is 10.1. The molecule has 1 aromatic heterocycles. The first kappa shape index (κ1) is 14.5. The third-order valence-corrected chi connectivity index (χ3v) is 3.49. The number of halogens is 1. The number of carboxylic acid groups (broad SMARTS) is 1. The Morgan fingerprint density at radius 3 is 2.75 bits per heavy atom. The van der Waals surface area contributed by atoms with Gasteiger partial charge in [0.1, 0.15) is 0 Å². The van der Waals surface area contributed by atoms with Gasteiger partial charge in [0.25, 0.3) is 0 Å². The zero-order chi connectivity index (χ0) is 14.9. The van der Waals surface area contributed by atoms with Crippen molar-refractivity contribution in [3.05, 3.63) is 55.9 Å². The van der Waals surface area contributed by atoms with Gasteiger partial charge in [0, 0.05) is 16.2 Å². The molecule has 0 aliphatic rings. The molecule has 0 spiro atoms. The maximum absolute atomic E-state index is 11.9. The molecule has 20 heavy (non-hydrogen) atoms. The summed E-state index contributed by atoms with van der Waals surface area (Å²) in [5.74, 6) is -1.31. The Morgan fingerprint density at radius 2 is 2.15 bits per heavy atom.